The number of hydrogen-bond acceptors (Lipinski definition) is 12. The maximum atomic E-state index is 12.2. The fourth-order valence-corrected chi connectivity index (χ4v) is 9.61. The monoisotopic (exact) mass is 880 g/mol. The molecule has 1 aliphatic carbocycles. The van der Waals surface area contributed by atoms with Gasteiger partial charge < -0.3 is 37.6 Å². The van der Waals surface area contributed by atoms with E-state index in [-0.39, 0.29) is 24.1 Å². The number of esters is 2. The highest BCUT2D eigenvalue weighted by Crippen LogP contribution is 2.62. The van der Waals surface area contributed by atoms with Crippen molar-refractivity contribution in [2.24, 2.45) is 11.8 Å². The van der Waals surface area contributed by atoms with Gasteiger partial charge in [-0.1, -0.05) is 23.7 Å². The molecule has 3 aromatic carbocycles. The van der Waals surface area contributed by atoms with Gasteiger partial charge in [-0.15, -0.1) is 11.6 Å². The lowest BCUT2D eigenvalue weighted by Gasteiger charge is -2.28. The van der Waals surface area contributed by atoms with Crippen LogP contribution in [-0.2, 0) is 50.2 Å². The molecule has 0 amide bonds. The summed E-state index contributed by atoms with van der Waals surface area (Å²) in [6.07, 6.45) is 4.07. The van der Waals surface area contributed by atoms with Crippen LogP contribution >= 0.6 is 23.2 Å². The molecule has 62 heavy (non-hydrogen) atoms. The van der Waals surface area contributed by atoms with Crippen molar-refractivity contribution in [2.45, 2.75) is 69.2 Å². The number of methoxy groups -OCH3 is 2. The second kappa shape index (κ2) is 16.5. The number of likely N-dealkylation sites (tertiary alicyclic amines) is 1. The Labute approximate surface area is 367 Å². The number of imidazole rings is 2. The Morgan fingerprint density at radius 2 is 1.40 bits per heavy atom. The molecule has 3 saturated heterocycles. The molecule has 0 radical (unpaired) electrons. The highest BCUT2D eigenvalue weighted by atomic mass is 35.5. The summed E-state index contributed by atoms with van der Waals surface area (Å²) >= 11 is 12.0. The minimum atomic E-state index is -0.990. The Kier molecular flexibility index (Phi) is 10.8. The van der Waals surface area contributed by atoms with Crippen LogP contribution in [0.5, 0.6) is 11.5 Å². The lowest BCUT2D eigenvalue weighted by atomic mass is 10.0. The smallest absolute Gasteiger partial charge is 0.337 e. The van der Waals surface area contributed by atoms with Gasteiger partial charge >= 0.3 is 11.9 Å². The Bertz CT molecular complexity index is 2670. The molecule has 0 spiro atoms. The van der Waals surface area contributed by atoms with Crippen LogP contribution in [-0.4, -0.2) is 93.7 Å². The van der Waals surface area contributed by atoms with E-state index in [0.29, 0.717) is 52.0 Å². The van der Waals surface area contributed by atoms with Gasteiger partial charge in [-0.3, -0.25) is 9.88 Å². The molecule has 0 N–H and O–H groups in total. The van der Waals surface area contributed by atoms with Crippen molar-refractivity contribution in [2.75, 3.05) is 40.5 Å². The van der Waals surface area contributed by atoms with Gasteiger partial charge in [0, 0.05) is 45.0 Å². The van der Waals surface area contributed by atoms with Gasteiger partial charge in [-0.25, -0.2) is 19.6 Å². The largest absolute Gasteiger partial charge is 0.465 e. The molecule has 6 aromatic rings. The zero-order valence-corrected chi connectivity index (χ0v) is 36.1. The summed E-state index contributed by atoms with van der Waals surface area (Å²) in [5.41, 5.74) is 6.48. The Hall–Kier alpha value is -5.25. The van der Waals surface area contributed by atoms with Crippen molar-refractivity contribution < 1.29 is 38.0 Å². The lowest BCUT2D eigenvalue weighted by Crippen LogP contribution is -2.33. The first kappa shape index (κ1) is 40.8. The number of para-hydroxylation sites is 1. The lowest BCUT2D eigenvalue weighted by molar-refractivity contribution is -0.0721. The molecule has 5 aliphatic rings. The first-order valence-electron chi connectivity index (χ1n) is 20.9. The SMILES string of the molecule is COC(=O)c1ccc2nc(CCl)n(C[C@@H]3CCO3)c2c1.COC(=O)c1ccc2nc(CN3C[C@@H]4C(c5cccc6c5OC(C)(c5ccc(Cl)cn5)O6)[C@@H]4C3)n(C[C@@H]3CCO3)c2c1. The summed E-state index contributed by atoms with van der Waals surface area (Å²) in [4.78, 5) is 40.3. The molecular weight excluding hydrogens is 835 g/mol. The number of carbonyl (C=O) groups excluding carboxylic acids is 2. The normalized spacial score (nSPS) is 24.5. The number of alkyl halides is 1. The van der Waals surface area contributed by atoms with Crippen molar-refractivity contribution in [3.05, 3.63) is 112 Å². The Balaban J connectivity index is 0.000000192. The number of halogens is 2. The third-order valence-electron chi connectivity index (χ3n) is 12.8. The molecule has 322 valence electrons. The van der Waals surface area contributed by atoms with E-state index in [2.05, 4.69) is 31.6 Å². The maximum absolute atomic E-state index is 12.2. The van der Waals surface area contributed by atoms with E-state index in [1.54, 1.807) is 30.5 Å². The van der Waals surface area contributed by atoms with E-state index in [0.717, 1.165) is 97.4 Å². The second-order valence-corrected chi connectivity index (χ2v) is 17.3. The molecule has 4 fully saturated rings. The van der Waals surface area contributed by atoms with Crippen LogP contribution in [0.2, 0.25) is 5.02 Å². The van der Waals surface area contributed by atoms with E-state index in [1.807, 2.05) is 41.8 Å². The highest BCUT2D eigenvalue weighted by molar-refractivity contribution is 6.30. The van der Waals surface area contributed by atoms with Gasteiger partial charge in [0.25, 0.3) is 5.79 Å². The Morgan fingerprint density at radius 3 is 1.94 bits per heavy atom. The summed E-state index contributed by atoms with van der Waals surface area (Å²) in [7, 11) is 2.78. The zero-order chi connectivity index (χ0) is 42.7. The maximum Gasteiger partial charge on any atom is 0.337 e. The summed E-state index contributed by atoms with van der Waals surface area (Å²) in [6, 6.07) is 20.7. The number of pyridine rings is 1. The molecule has 3 aromatic heterocycles. The number of ether oxygens (including phenoxy) is 6. The van der Waals surface area contributed by atoms with E-state index in [1.165, 1.54) is 19.8 Å². The van der Waals surface area contributed by atoms with E-state index >= 15 is 0 Å². The quantitative estimate of drug-likeness (QED) is 0.0940. The van der Waals surface area contributed by atoms with E-state index in [4.69, 9.17) is 56.6 Å². The van der Waals surface area contributed by atoms with Gasteiger partial charge in [-0.05, 0) is 85.2 Å². The number of benzene rings is 3. The zero-order valence-electron chi connectivity index (χ0n) is 34.6. The summed E-state index contributed by atoms with van der Waals surface area (Å²) in [5, 5.41) is 0.576. The minimum Gasteiger partial charge on any atom is -0.465 e. The van der Waals surface area contributed by atoms with Gasteiger partial charge in [0.1, 0.15) is 17.3 Å². The molecule has 16 heteroatoms. The molecule has 7 heterocycles. The van der Waals surface area contributed by atoms with Crippen molar-refractivity contribution in [1.29, 1.82) is 0 Å². The predicted octanol–water partition coefficient (Wildman–Crippen LogP) is 7.50. The minimum absolute atomic E-state index is 0.176. The van der Waals surface area contributed by atoms with Gasteiger partial charge in [-0.2, -0.15) is 0 Å². The van der Waals surface area contributed by atoms with Gasteiger partial charge in [0.15, 0.2) is 11.5 Å². The molecule has 0 bridgehead atoms. The Morgan fingerprint density at radius 1 is 0.806 bits per heavy atom. The molecule has 6 atom stereocenters. The van der Waals surface area contributed by atoms with E-state index < -0.39 is 5.79 Å². The third-order valence-corrected chi connectivity index (χ3v) is 13.2. The predicted molar refractivity (Wildman–Crippen MR) is 230 cm³/mol. The summed E-state index contributed by atoms with van der Waals surface area (Å²) < 4.78 is 38.0. The van der Waals surface area contributed by atoms with E-state index in [9.17, 15) is 9.59 Å². The highest BCUT2D eigenvalue weighted by Gasteiger charge is 2.58. The van der Waals surface area contributed by atoms with Crippen molar-refractivity contribution in [3.63, 3.8) is 0 Å². The average Bonchev–Trinajstić information content (AvgIpc) is 3.66. The van der Waals surface area contributed by atoms with Crippen molar-refractivity contribution in [1.82, 2.24) is 29.0 Å². The molecular formula is C46H46Cl2N6O8. The average molecular weight is 882 g/mol. The molecule has 2 unspecified atom stereocenters. The number of nitrogens with zero attached hydrogens (tertiary/aromatic N) is 6. The van der Waals surface area contributed by atoms with Crippen LogP contribution in [0, 0.1) is 11.8 Å². The van der Waals surface area contributed by atoms with Crippen molar-refractivity contribution >= 4 is 57.2 Å². The first-order valence-corrected chi connectivity index (χ1v) is 21.8. The number of carbonyl (C=O) groups is 2. The standard InChI is InChI=1S/C32H31ClN4O5.C14H15ClN2O3/c1-32(27-9-7-19(33)13-34-27)41-26-5-3-4-21(30(26)42-32)29-22-15-36(16-23(22)29)17-28-35-24-8-6-18(31(38)39-2)12-25(24)37(28)14-20-10-11-40-20;1-19-14(18)9-2-3-11-12(6-9)17(13(7-15)16-11)8-10-4-5-20-10/h3-9,12-13,20,22-23,29H,10-11,14-17H2,1-2H3;2-3,6,10H,4-5,7-8H2,1H3/t20-,22-,23+,29?,32?;10-/m00/s1. The van der Waals surface area contributed by atoms with Crippen molar-refractivity contribution in [3.8, 4) is 11.5 Å². The molecule has 11 rings (SSSR count). The van der Waals surface area contributed by atoms with Gasteiger partial charge in [0.05, 0.1) is 90.2 Å². The number of fused-ring (bicyclic) bond motifs is 4. The van der Waals surface area contributed by atoms with Crippen LogP contribution in [0.15, 0.2) is 72.9 Å². The summed E-state index contributed by atoms with van der Waals surface area (Å²) in [6.45, 7) is 7.68. The van der Waals surface area contributed by atoms with Crippen LogP contribution in [0.25, 0.3) is 22.1 Å². The van der Waals surface area contributed by atoms with Crippen LogP contribution < -0.4 is 9.47 Å². The fourth-order valence-electron chi connectivity index (χ4n) is 9.29. The number of hydrogen-bond donors (Lipinski definition) is 0. The third kappa shape index (κ3) is 7.55. The second-order valence-electron chi connectivity index (χ2n) is 16.6. The van der Waals surface area contributed by atoms with Gasteiger partial charge in [0.2, 0.25) is 0 Å². The van der Waals surface area contributed by atoms with Crippen LogP contribution in [0.1, 0.15) is 69.3 Å². The first-order chi connectivity index (χ1) is 30.1. The fraction of sp³-hybridized carbons (Fsp3) is 0.413. The molecule has 4 aliphatic heterocycles. The molecule has 14 nitrogen and oxygen atoms in total. The molecule has 1 saturated carbocycles. The topological polar surface area (TPSA) is 141 Å². The summed E-state index contributed by atoms with van der Waals surface area (Å²) in [5.74, 6) is 3.56. The number of aromatic nitrogens is 5. The number of rotatable bonds is 11. The van der Waals surface area contributed by atoms with Crippen LogP contribution in [0.3, 0.4) is 0 Å². The number of piperidine rings is 1. The van der Waals surface area contributed by atoms with Crippen LogP contribution in [0.4, 0.5) is 0 Å².